The Bertz CT molecular complexity index is 538. The number of hydrogen-bond donors (Lipinski definition) is 1. The average Bonchev–Trinajstić information content (AvgIpc) is 2.82. The van der Waals surface area contributed by atoms with Crippen molar-refractivity contribution in [2.45, 2.75) is 38.5 Å². The molecule has 2 aromatic rings. The van der Waals surface area contributed by atoms with E-state index in [2.05, 4.69) is 52.1 Å². The molecule has 0 aliphatic carbocycles. The Morgan fingerprint density at radius 2 is 2.22 bits per heavy atom. The first kappa shape index (κ1) is 11.7. The Balaban J connectivity index is 2.00. The third kappa shape index (κ3) is 2.01. The van der Waals surface area contributed by atoms with Gasteiger partial charge in [-0.05, 0) is 36.9 Å². The molecular weight excluding hydrogens is 224 g/mol. The first-order valence-corrected chi connectivity index (χ1v) is 6.81. The standard InChI is InChI=1S/C14H20N4/c1-10(2)14-17-16-13-6-5-12(9-18(13)14)11-4-3-7-15-8-11/h5-6,9-11,15H,3-4,7-8H2,1-2H3. The van der Waals surface area contributed by atoms with Crippen molar-refractivity contribution < 1.29 is 0 Å². The third-order valence-electron chi connectivity index (χ3n) is 3.74. The summed E-state index contributed by atoms with van der Waals surface area (Å²) in [4.78, 5) is 0. The number of piperidine rings is 1. The second-order valence-electron chi connectivity index (χ2n) is 5.45. The summed E-state index contributed by atoms with van der Waals surface area (Å²) in [5.74, 6) is 2.08. The SMILES string of the molecule is CC(C)c1nnc2ccc(C3CCCNC3)cn12. The number of pyridine rings is 1. The summed E-state index contributed by atoms with van der Waals surface area (Å²) in [6, 6.07) is 4.29. The van der Waals surface area contributed by atoms with Crippen LogP contribution in [-0.2, 0) is 0 Å². The van der Waals surface area contributed by atoms with Crippen molar-refractivity contribution >= 4 is 5.65 Å². The highest BCUT2D eigenvalue weighted by atomic mass is 15.2. The van der Waals surface area contributed by atoms with Crippen molar-refractivity contribution in [1.29, 1.82) is 0 Å². The van der Waals surface area contributed by atoms with Crippen LogP contribution in [0.1, 0.15) is 49.9 Å². The van der Waals surface area contributed by atoms with Gasteiger partial charge in [-0.2, -0.15) is 0 Å². The second kappa shape index (κ2) is 4.69. The zero-order valence-electron chi connectivity index (χ0n) is 11.1. The van der Waals surface area contributed by atoms with Gasteiger partial charge >= 0.3 is 0 Å². The lowest BCUT2D eigenvalue weighted by Crippen LogP contribution is -2.28. The minimum atomic E-state index is 0.403. The average molecular weight is 244 g/mol. The summed E-state index contributed by atoms with van der Waals surface area (Å²) in [6.07, 6.45) is 4.77. The summed E-state index contributed by atoms with van der Waals surface area (Å²) in [7, 11) is 0. The van der Waals surface area contributed by atoms with Crippen molar-refractivity contribution in [3.8, 4) is 0 Å². The molecule has 96 valence electrons. The minimum Gasteiger partial charge on any atom is -0.316 e. The van der Waals surface area contributed by atoms with Crippen LogP contribution in [0.5, 0.6) is 0 Å². The molecule has 1 fully saturated rings. The number of nitrogens with zero attached hydrogens (tertiary/aromatic N) is 3. The van der Waals surface area contributed by atoms with E-state index in [1.54, 1.807) is 0 Å². The van der Waals surface area contributed by atoms with E-state index in [-0.39, 0.29) is 0 Å². The Morgan fingerprint density at radius 3 is 2.94 bits per heavy atom. The van der Waals surface area contributed by atoms with Gasteiger partial charge in [0, 0.05) is 18.7 Å². The fourth-order valence-corrected chi connectivity index (χ4v) is 2.70. The molecule has 2 aromatic heterocycles. The third-order valence-corrected chi connectivity index (χ3v) is 3.74. The van der Waals surface area contributed by atoms with Gasteiger partial charge in [0.25, 0.3) is 0 Å². The molecule has 1 saturated heterocycles. The quantitative estimate of drug-likeness (QED) is 0.881. The van der Waals surface area contributed by atoms with Gasteiger partial charge in [-0.1, -0.05) is 19.9 Å². The second-order valence-corrected chi connectivity index (χ2v) is 5.45. The van der Waals surface area contributed by atoms with E-state index < -0.39 is 0 Å². The first-order chi connectivity index (χ1) is 8.75. The van der Waals surface area contributed by atoms with Crippen molar-refractivity contribution in [2.24, 2.45) is 0 Å². The molecule has 0 aromatic carbocycles. The molecule has 0 spiro atoms. The zero-order valence-corrected chi connectivity index (χ0v) is 11.1. The fraction of sp³-hybridized carbons (Fsp3) is 0.571. The molecule has 1 unspecified atom stereocenters. The molecule has 0 bridgehead atoms. The van der Waals surface area contributed by atoms with Crippen LogP contribution in [-0.4, -0.2) is 27.7 Å². The maximum atomic E-state index is 4.28. The summed E-state index contributed by atoms with van der Waals surface area (Å²) in [5.41, 5.74) is 2.35. The van der Waals surface area contributed by atoms with Gasteiger partial charge in [-0.15, -0.1) is 10.2 Å². The molecule has 0 radical (unpaired) electrons. The highest BCUT2D eigenvalue weighted by Gasteiger charge is 2.17. The van der Waals surface area contributed by atoms with Crippen LogP contribution in [0.4, 0.5) is 0 Å². The number of aromatic nitrogens is 3. The lowest BCUT2D eigenvalue weighted by atomic mass is 9.93. The number of rotatable bonds is 2. The van der Waals surface area contributed by atoms with Crippen LogP contribution in [0.3, 0.4) is 0 Å². The van der Waals surface area contributed by atoms with E-state index in [0.29, 0.717) is 11.8 Å². The highest BCUT2D eigenvalue weighted by molar-refractivity contribution is 5.40. The molecular formula is C14H20N4. The normalized spacial score (nSPS) is 20.7. The van der Waals surface area contributed by atoms with E-state index in [1.807, 2.05) is 0 Å². The van der Waals surface area contributed by atoms with E-state index >= 15 is 0 Å². The van der Waals surface area contributed by atoms with Crippen LogP contribution >= 0.6 is 0 Å². The topological polar surface area (TPSA) is 42.2 Å². The smallest absolute Gasteiger partial charge is 0.160 e. The predicted molar refractivity (Wildman–Crippen MR) is 71.9 cm³/mol. The molecule has 0 saturated carbocycles. The predicted octanol–water partition coefficient (Wildman–Crippen LogP) is 2.32. The lowest BCUT2D eigenvalue weighted by molar-refractivity contribution is 0.460. The summed E-state index contributed by atoms with van der Waals surface area (Å²) >= 11 is 0. The first-order valence-electron chi connectivity index (χ1n) is 6.81. The molecule has 1 atom stereocenters. The fourth-order valence-electron chi connectivity index (χ4n) is 2.70. The summed E-state index contributed by atoms with van der Waals surface area (Å²) in [6.45, 7) is 6.56. The monoisotopic (exact) mass is 244 g/mol. The van der Waals surface area contributed by atoms with Gasteiger partial charge in [-0.3, -0.25) is 4.40 Å². The van der Waals surface area contributed by atoms with Crippen LogP contribution in [0.15, 0.2) is 18.3 Å². The van der Waals surface area contributed by atoms with Gasteiger partial charge in [0.15, 0.2) is 5.65 Å². The van der Waals surface area contributed by atoms with Gasteiger partial charge in [0.2, 0.25) is 0 Å². The molecule has 1 aliphatic rings. The van der Waals surface area contributed by atoms with Gasteiger partial charge in [-0.25, -0.2) is 0 Å². The van der Waals surface area contributed by atoms with Gasteiger partial charge in [0.05, 0.1) is 0 Å². The van der Waals surface area contributed by atoms with Crippen LogP contribution in [0.25, 0.3) is 5.65 Å². The van der Waals surface area contributed by atoms with Crippen molar-refractivity contribution in [3.05, 3.63) is 29.7 Å². The van der Waals surface area contributed by atoms with E-state index in [9.17, 15) is 0 Å². The molecule has 3 heterocycles. The molecule has 1 N–H and O–H groups in total. The van der Waals surface area contributed by atoms with Crippen LogP contribution in [0, 0.1) is 0 Å². The Morgan fingerprint density at radius 1 is 1.33 bits per heavy atom. The van der Waals surface area contributed by atoms with Crippen molar-refractivity contribution in [2.75, 3.05) is 13.1 Å². The van der Waals surface area contributed by atoms with Crippen LogP contribution < -0.4 is 5.32 Å². The Kier molecular flexibility index (Phi) is 3.04. The maximum Gasteiger partial charge on any atom is 0.160 e. The van der Waals surface area contributed by atoms with E-state index in [4.69, 9.17) is 0 Å². The zero-order chi connectivity index (χ0) is 12.5. The highest BCUT2D eigenvalue weighted by Crippen LogP contribution is 2.24. The number of hydrogen-bond acceptors (Lipinski definition) is 3. The Hall–Kier alpha value is -1.42. The number of nitrogens with one attached hydrogen (secondary N) is 1. The lowest BCUT2D eigenvalue weighted by Gasteiger charge is -2.23. The molecule has 0 amide bonds. The van der Waals surface area contributed by atoms with Crippen molar-refractivity contribution in [3.63, 3.8) is 0 Å². The van der Waals surface area contributed by atoms with Gasteiger partial charge < -0.3 is 5.32 Å². The Labute approximate surface area is 107 Å². The molecule has 18 heavy (non-hydrogen) atoms. The largest absolute Gasteiger partial charge is 0.316 e. The molecule has 1 aliphatic heterocycles. The summed E-state index contributed by atoms with van der Waals surface area (Å²) in [5, 5.41) is 12.0. The van der Waals surface area contributed by atoms with Crippen LogP contribution in [0.2, 0.25) is 0 Å². The van der Waals surface area contributed by atoms with E-state index in [1.165, 1.54) is 18.4 Å². The molecule has 4 nitrogen and oxygen atoms in total. The molecule has 3 rings (SSSR count). The summed E-state index contributed by atoms with van der Waals surface area (Å²) < 4.78 is 2.15. The van der Waals surface area contributed by atoms with Gasteiger partial charge in [0.1, 0.15) is 5.82 Å². The molecule has 4 heteroatoms. The van der Waals surface area contributed by atoms with Crippen molar-refractivity contribution in [1.82, 2.24) is 19.9 Å². The van der Waals surface area contributed by atoms with E-state index in [0.717, 1.165) is 24.6 Å². The maximum absolute atomic E-state index is 4.28. The number of fused-ring (bicyclic) bond motifs is 1. The minimum absolute atomic E-state index is 0.403.